The molecule has 0 spiro atoms. The van der Waals surface area contributed by atoms with Crippen molar-refractivity contribution in [3.63, 3.8) is 0 Å². The fourth-order valence-corrected chi connectivity index (χ4v) is 4.13. The van der Waals surface area contributed by atoms with Crippen molar-refractivity contribution >= 4 is 33.3 Å². The Kier molecular flexibility index (Phi) is 3.50. The number of nitrogens with zero attached hydrogens (tertiary/aromatic N) is 5. The summed E-state index contributed by atoms with van der Waals surface area (Å²) in [5.41, 5.74) is 6.03. The predicted octanol–water partition coefficient (Wildman–Crippen LogP) is 4.69. The SMILES string of the molecule is c1cncc(-c2cc3c(-c4nc5c(-c6cccs6)nccc5[nH]4)n[nH]c3cn2)c1. The summed E-state index contributed by atoms with van der Waals surface area (Å²) in [5, 5.41) is 10.5. The van der Waals surface area contributed by atoms with Crippen LogP contribution < -0.4 is 0 Å². The molecule has 0 aliphatic rings. The van der Waals surface area contributed by atoms with E-state index in [9.17, 15) is 0 Å². The highest BCUT2D eigenvalue weighted by Crippen LogP contribution is 2.32. The Hall–Kier alpha value is -3.91. The highest BCUT2D eigenvalue weighted by molar-refractivity contribution is 7.13. The van der Waals surface area contributed by atoms with E-state index in [0.717, 1.165) is 49.5 Å². The number of hydrogen-bond donors (Lipinski definition) is 2. The zero-order chi connectivity index (χ0) is 19.2. The van der Waals surface area contributed by atoms with E-state index in [4.69, 9.17) is 4.98 Å². The quantitative estimate of drug-likeness (QED) is 0.453. The van der Waals surface area contributed by atoms with Gasteiger partial charge in [0, 0.05) is 29.5 Å². The standard InChI is InChI=1S/C21H13N7S/c1-3-12(10-22-6-1)15-9-13-16(11-24-15)27-28-18(13)21-25-14-5-7-23-20(19(14)26-21)17-4-2-8-29-17/h1-11H,(H,25,26)(H,27,28). The van der Waals surface area contributed by atoms with Gasteiger partial charge in [0.05, 0.1) is 27.8 Å². The number of fused-ring (bicyclic) bond motifs is 2. The molecule has 0 atom stereocenters. The molecular formula is C21H13N7S. The van der Waals surface area contributed by atoms with E-state index in [2.05, 4.69) is 36.2 Å². The van der Waals surface area contributed by atoms with Crippen LogP contribution in [0.3, 0.4) is 0 Å². The van der Waals surface area contributed by atoms with Gasteiger partial charge in [-0.3, -0.25) is 20.1 Å². The van der Waals surface area contributed by atoms with Crippen molar-refractivity contribution in [2.45, 2.75) is 0 Å². The van der Waals surface area contributed by atoms with E-state index in [1.807, 2.05) is 35.7 Å². The van der Waals surface area contributed by atoms with E-state index < -0.39 is 0 Å². The summed E-state index contributed by atoms with van der Waals surface area (Å²) in [4.78, 5) is 22.6. The summed E-state index contributed by atoms with van der Waals surface area (Å²) in [6, 6.07) is 11.9. The molecule has 0 unspecified atom stereocenters. The molecule has 6 rings (SSSR count). The maximum atomic E-state index is 4.84. The number of H-pyrrole nitrogens is 2. The van der Waals surface area contributed by atoms with Gasteiger partial charge in [0.2, 0.25) is 0 Å². The third kappa shape index (κ3) is 2.61. The van der Waals surface area contributed by atoms with Gasteiger partial charge < -0.3 is 4.98 Å². The third-order valence-corrected chi connectivity index (χ3v) is 5.66. The van der Waals surface area contributed by atoms with Crippen LogP contribution in [0, 0.1) is 0 Å². The maximum Gasteiger partial charge on any atom is 0.159 e. The van der Waals surface area contributed by atoms with Crippen molar-refractivity contribution < 1.29 is 0 Å². The first-order valence-electron chi connectivity index (χ1n) is 9.00. The number of aromatic amines is 2. The van der Waals surface area contributed by atoms with Gasteiger partial charge in [-0.15, -0.1) is 11.3 Å². The molecule has 0 radical (unpaired) electrons. The number of thiophene rings is 1. The fraction of sp³-hybridized carbons (Fsp3) is 0. The van der Waals surface area contributed by atoms with E-state index in [1.54, 1.807) is 36.1 Å². The van der Waals surface area contributed by atoms with Gasteiger partial charge in [0.15, 0.2) is 5.82 Å². The van der Waals surface area contributed by atoms with Crippen molar-refractivity contribution in [2.75, 3.05) is 0 Å². The molecule has 138 valence electrons. The van der Waals surface area contributed by atoms with Crippen LogP contribution in [-0.2, 0) is 0 Å². The molecule has 0 saturated carbocycles. The smallest absolute Gasteiger partial charge is 0.159 e. The Morgan fingerprint density at radius 2 is 1.90 bits per heavy atom. The molecule has 29 heavy (non-hydrogen) atoms. The van der Waals surface area contributed by atoms with Crippen molar-refractivity contribution in [1.82, 2.24) is 35.1 Å². The lowest BCUT2D eigenvalue weighted by molar-refractivity contribution is 1.10. The molecule has 7 nitrogen and oxygen atoms in total. The maximum absolute atomic E-state index is 4.84. The minimum atomic E-state index is 0.695. The Morgan fingerprint density at radius 1 is 0.897 bits per heavy atom. The van der Waals surface area contributed by atoms with Crippen LogP contribution in [0.4, 0.5) is 0 Å². The highest BCUT2D eigenvalue weighted by atomic mass is 32.1. The molecule has 0 bridgehead atoms. The second-order valence-electron chi connectivity index (χ2n) is 6.55. The molecule has 8 heteroatoms. The Morgan fingerprint density at radius 3 is 2.76 bits per heavy atom. The average Bonchev–Trinajstić information content (AvgIpc) is 3.52. The summed E-state index contributed by atoms with van der Waals surface area (Å²) < 4.78 is 0. The van der Waals surface area contributed by atoms with E-state index in [-0.39, 0.29) is 0 Å². The molecule has 0 aliphatic heterocycles. The zero-order valence-electron chi connectivity index (χ0n) is 15.0. The summed E-state index contributed by atoms with van der Waals surface area (Å²) in [6.07, 6.45) is 7.13. The fourth-order valence-electron chi connectivity index (χ4n) is 3.41. The number of rotatable bonds is 3. The second-order valence-corrected chi connectivity index (χ2v) is 7.50. The van der Waals surface area contributed by atoms with Crippen LogP contribution in [0.1, 0.15) is 0 Å². The molecule has 0 aliphatic carbocycles. The monoisotopic (exact) mass is 395 g/mol. The lowest BCUT2D eigenvalue weighted by Crippen LogP contribution is -1.85. The topological polar surface area (TPSA) is 96.0 Å². The number of pyridine rings is 3. The van der Waals surface area contributed by atoms with Crippen LogP contribution >= 0.6 is 11.3 Å². The van der Waals surface area contributed by atoms with Crippen LogP contribution in [0.2, 0.25) is 0 Å². The van der Waals surface area contributed by atoms with E-state index >= 15 is 0 Å². The Bertz CT molecular complexity index is 1450. The second kappa shape index (κ2) is 6.32. The van der Waals surface area contributed by atoms with Gasteiger partial charge in [0.1, 0.15) is 16.9 Å². The summed E-state index contributed by atoms with van der Waals surface area (Å²) >= 11 is 1.65. The Labute approximate surface area is 168 Å². The lowest BCUT2D eigenvalue weighted by Gasteiger charge is -2.00. The minimum Gasteiger partial charge on any atom is -0.336 e. The number of aromatic nitrogens is 7. The van der Waals surface area contributed by atoms with Gasteiger partial charge in [-0.05, 0) is 35.7 Å². The minimum absolute atomic E-state index is 0.695. The van der Waals surface area contributed by atoms with E-state index in [1.165, 1.54) is 0 Å². The normalized spacial score (nSPS) is 11.4. The van der Waals surface area contributed by atoms with Crippen molar-refractivity contribution in [1.29, 1.82) is 0 Å². The number of imidazole rings is 1. The van der Waals surface area contributed by atoms with Gasteiger partial charge in [-0.25, -0.2) is 4.98 Å². The first-order chi connectivity index (χ1) is 14.4. The van der Waals surface area contributed by atoms with Crippen molar-refractivity contribution in [3.8, 4) is 33.3 Å². The molecule has 0 aromatic carbocycles. The molecule has 2 N–H and O–H groups in total. The van der Waals surface area contributed by atoms with Gasteiger partial charge in [-0.2, -0.15) is 5.10 Å². The molecular weight excluding hydrogens is 382 g/mol. The highest BCUT2D eigenvalue weighted by Gasteiger charge is 2.17. The number of nitrogens with one attached hydrogen (secondary N) is 2. The predicted molar refractivity (Wildman–Crippen MR) is 113 cm³/mol. The van der Waals surface area contributed by atoms with Crippen molar-refractivity contribution in [3.05, 3.63) is 66.6 Å². The van der Waals surface area contributed by atoms with Gasteiger partial charge in [0.25, 0.3) is 0 Å². The van der Waals surface area contributed by atoms with E-state index in [0.29, 0.717) is 5.82 Å². The summed E-state index contributed by atoms with van der Waals surface area (Å²) in [5.74, 6) is 0.695. The van der Waals surface area contributed by atoms with Gasteiger partial charge in [-0.1, -0.05) is 6.07 Å². The van der Waals surface area contributed by atoms with Crippen LogP contribution in [0.25, 0.3) is 55.3 Å². The molecule has 6 aromatic rings. The molecule has 6 heterocycles. The first-order valence-corrected chi connectivity index (χ1v) is 9.88. The van der Waals surface area contributed by atoms with Gasteiger partial charge >= 0.3 is 0 Å². The average molecular weight is 395 g/mol. The Balaban J connectivity index is 1.53. The largest absolute Gasteiger partial charge is 0.336 e. The van der Waals surface area contributed by atoms with Crippen LogP contribution in [0.15, 0.2) is 66.6 Å². The lowest BCUT2D eigenvalue weighted by atomic mass is 10.1. The molecule has 6 aromatic heterocycles. The van der Waals surface area contributed by atoms with Crippen LogP contribution in [-0.4, -0.2) is 35.1 Å². The molecule has 0 amide bonds. The summed E-state index contributed by atoms with van der Waals surface area (Å²) in [6.45, 7) is 0. The molecule has 0 saturated heterocycles. The zero-order valence-corrected chi connectivity index (χ0v) is 15.8. The van der Waals surface area contributed by atoms with Crippen molar-refractivity contribution in [2.24, 2.45) is 0 Å². The summed E-state index contributed by atoms with van der Waals surface area (Å²) in [7, 11) is 0. The first kappa shape index (κ1) is 16.1. The third-order valence-electron chi connectivity index (χ3n) is 4.78. The number of hydrogen-bond acceptors (Lipinski definition) is 6. The molecule has 0 fully saturated rings. The van der Waals surface area contributed by atoms with Crippen LogP contribution in [0.5, 0.6) is 0 Å².